The molecule has 0 saturated carbocycles. The molecule has 0 aliphatic carbocycles. The number of nitrogens with zero attached hydrogens (tertiary/aromatic N) is 1. The van der Waals surface area contributed by atoms with Crippen molar-refractivity contribution < 1.29 is 0 Å². The summed E-state index contributed by atoms with van der Waals surface area (Å²) in [6.07, 6.45) is 0. The fourth-order valence-corrected chi connectivity index (χ4v) is 2.59. The molecule has 106 valence electrons. The lowest BCUT2D eigenvalue weighted by atomic mass is 10.1. The number of nitrogens with one attached hydrogen (secondary N) is 1. The summed E-state index contributed by atoms with van der Waals surface area (Å²) in [5.74, 6) is 0. The van der Waals surface area contributed by atoms with Gasteiger partial charge >= 0.3 is 0 Å². The van der Waals surface area contributed by atoms with Crippen LogP contribution in [0.25, 0.3) is 0 Å². The molecule has 1 N–H and O–H groups in total. The van der Waals surface area contributed by atoms with Crippen LogP contribution in [0.15, 0.2) is 42.5 Å². The van der Waals surface area contributed by atoms with Gasteiger partial charge in [0.15, 0.2) is 0 Å². The molecular formula is C16H18Cl2N2. The highest BCUT2D eigenvalue weighted by Gasteiger charge is 2.07. The predicted octanol–water partition coefficient (Wildman–Crippen LogP) is 4.67. The lowest BCUT2D eigenvalue weighted by molar-refractivity contribution is 0.403. The van der Waals surface area contributed by atoms with Crippen LogP contribution in [0.4, 0.5) is 5.69 Å². The van der Waals surface area contributed by atoms with Gasteiger partial charge in [-0.05, 0) is 37.9 Å². The number of para-hydroxylation sites is 1. The molecule has 0 amide bonds. The van der Waals surface area contributed by atoms with Gasteiger partial charge in [-0.2, -0.15) is 0 Å². The van der Waals surface area contributed by atoms with E-state index in [1.807, 2.05) is 30.3 Å². The van der Waals surface area contributed by atoms with Gasteiger partial charge in [-0.15, -0.1) is 0 Å². The van der Waals surface area contributed by atoms with Crippen molar-refractivity contribution in [2.45, 2.75) is 13.1 Å². The van der Waals surface area contributed by atoms with Gasteiger partial charge in [-0.25, -0.2) is 0 Å². The fraction of sp³-hybridized carbons (Fsp3) is 0.250. The van der Waals surface area contributed by atoms with Crippen LogP contribution in [-0.2, 0) is 13.1 Å². The third-order valence-electron chi connectivity index (χ3n) is 3.02. The van der Waals surface area contributed by atoms with Gasteiger partial charge in [-0.3, -0.25) is 0 Å². The summed E-state index contributed by atoms with van der Waals surface area (Å²) in [7, 11) is 4.11. The topological polar surface area (TPSA) is 15.3 Å². The molecule has 20 heavy (non-hydrogen) atoms. The maximum Gasteiger partial charge on any atom is 0.0470 e. The molecule has 2 aromatic rings. The van der Waals surface area contributed by atoms with Crippen molar-refractivity contribution >= 4 is 28.9 Å². The minimum Gasteiger partial charge on any atom is -0.381 e. The zero-order valence-electron chi connectivity index (χ0n) is 11.7. The molecule has 2 rings (SSSR count). The minimum absolute atomic E-state index is 0.614. The number of anilines is 1. The second-order valence-electron chi connectivity index (χ2n) is 4.95. The SMILES string of the molecule is CN(C)Cc1ccccc1NCc1c(Cl)cccc1Cl. The van der Waals surface area contributed by atoms with Crippen molar-refractivity contribution in [3.8, 4) is 0 Å². The highest BCUT2D eigenvalue weighted by molar-refractivity contribution is 6.36. The summed E-state index contributed by atoms with van der Waals surface area (Å²) in [5, 5.41) is 4.80. The van der Waals surface area contributed by atoms with Gasteiger partial charge in [0.2, 0.25) is 0 Å². The minimum atomic E-state index is 0.614. The number of halogens is 2. The van der Waals surface area contributed by atoms with Crippen LogP contribution in [0.1, 0.15) is 11.1 Å². The fourth-order valence-electron chi connectivity index (χ4n) is 2.06. The Morgan fingerprint density at radius 1 is 0.950 bits per heavy atom. The van der Waals surface area contributed by atoms with Crippen LogP contribution in [0.3, 0.4) is 0 Å². The Bertz CT molecular complexity index is 562. The van der Waals surface area contributed by atoms with Crippen molar-refractivity contribution in [3.05, 3.63) is 63.6 Å². The summed E-state index contributed by atoms with van der Waals surface area (Å²) in [6.45, 7) is 1.50. The van der Waals surface area contributed by atoms with E-state index in [9.17, 15) is 0 Å². The molecule has 0 aliphatic heterocycles. The van der Waals surface area contributed by atoms with E-state index in [-0.39, 0.29) is 0 Å². The molecule has 0 saturated heterocycles. The molecule has 0 heterocycles. The van der Waals surface area contributed by atoms with E-state index in [0.29, 0.717) is 16.6 Å². The van der Waals surface area contributed by atoms with E-state index in [2.05, 4.69) is 36.4 Å². The van der Waals surface area contributed by atoms with E-state index in [1.165, 1.54) is 5.56 Å². The predicted molar refractivity (Wildman–Crippen MR) is 87.6 cm³/mol. The van der Waals surface area contributed by atoms with E-state index >= 15 is 0 Å². The van der Waals surface area contributed by atoms with Gasteiger partial charge < -0.3 is 10.2 Å². The Hall–Kier alpha value is -1.22. The standard InChI is InChI=1S/C16H18Cl2N2/c1-20(2)11-12-6-3-4-9-16(12)19-10-13-14(17)7-5-8-15(13)18/h3-9,19H,10-11H2,1-2H3. The third kappa shape index (κ3) is 3.89. The number of benzene rings is 2. The van der Waals surface area contributed by atoms with Crippen molar-refractivity contribution in [1.29, 1.82) is 0 Å². The average Bonchev–Trinajstić information content (AvgIpc) is 2.39. The van der Waals surface area contributed by atoms with Crippen LogP contribution in [0.2, 0.25) is 10.0 Å². The van der Waals surface area contributed by atoms with Gasteiger partial charge in [0, 0.05) is 34.4 Å². The second kappa shape index (κ2) is 6.98. The molecule has 0 bridgehead atoms. The Labute approximate surface area is 130 Å². The smallest absolute Gasteiger partial charge is 0.0470 e. The first kappa shape index (κ1) is 15.2. The van der Waals surface area contributed by atoms with Crippen molar-refractivity contribution in [3.63, 3.8) is 0 Å². The largest absolute Gasteiger partial charge is 0.381 e. The molecule has 0 spiro atoms. The maximum absolute atomic E-state index is 6.19. The van der Waals surface area contributed by atoms with Crippen LogP contribution >= 0.6 is 23.2 Å². The number of hydrogen-bond acceptors (Lipinski definition) is 2. The van der Waals surface area contributed by atoms with Gasteiger partial charge in [0.05, 0.1) is 0 Å². The number of rotatable bonds is 5. The molecule has 2 nitrogen and oxygen atoms in total. The second-order valence-corrected chi connectivity index (χ2v) is 5.76. The molecule has 0 unspecified atom stereocenters. The molecule has 0 aromatic heterocycles. The molecule has 2 aromatic carbocycles. The summed E-state index contributed by atoms with van der Waals surface area (Å²) in [6, 6.07) is 13.8. The van der Waals surface area contributed by atoms with E-state index in [4.69, 9.17) is 23.2 Å². The Balaban J connectivity index is 2.15. The summed E-state index contributed by atoms with van der Waals surface area (Å²) < 4.78 is 0. The van der Waals surface area contributed by atoms with Crippen molar-refractivity contribution in [2.75, 3.05) is 19.4 Å². The zero-order chi connectivity index (χ0) is 14.5. The molecular weight excluding hydrogens is 291 g/mol. The van der Waals surface area contributed by atoms with Crippen LogP contribution in [0.5, 0.6) is 0 Å². The van der Waals surface area contributed by atoms with Crippen molar-refractivity contribution in [2.24, 2.45) is 0 Å². The molecule has 0 atom stereocenters. The van der Waals surface area contributed by atoms with Crippen LogP contribution < -0.4 is 5.32 Å². The first-order chi connectivity index (χ1) is 9.58. The van der Waals surface area contributed by atoms with Crippen LogP contribution in [0, 0.1) is 0 Å². The van der Waals surface area contributed by atoms with E-state index in [1.54, 1.807) is 0 Å². The van der Waals surface area contributed by atoms with E-state index in [0.717, 1.165) is 17.8 Å². The maximum atomic E-state index is 6.19. The highest BCUT2D eigenvalue weighted by atomic mass is 35.5. The Kier molecular flexibility index (Phi) is 5.30. The summed E-state index contributed by atoms with van der Waals surface area (Å²) in [4.78, 5) is 2.14. The molecule has 0 fully saturated rings. The summed E-state index contributed by atoms with van der Waals surface area (Å²) >= 11 is 12.4. The highest BCUT2D eigenvalue weighted by Crippen LogP contribution is 2.26. The molecule has 0 aliphatic rings. The molecule has 0 radical (unpaired) electrons. The van der Waals surface area contributed by atoms with Gasteiger partial charge in [0.1, 0.15) is 0 Å². The van der Waals surface area contributed by atoms with Crippen molar-refractivity contribution in [1.82, 2.24) is 4.90 Å². The summed E-state index contributed by atoms with van der Waals surface area (Å²) in [5.41, 5.74) is 3.29. The lowest BCUT2D eigenvalue weighted by Gasteiger charge is -2.16. The number of hydrogen-bond donors (Lipinski definition) is 1. The Morgan fingerprint density at radius 2 is 1.60 bits per heavy atom. The van der Waals surface area contributed by atoms with Gasteiger partial charge in [0.25, 0.3) is 0 Å². The first-order valence-corrected chi connectivity index (χ1v) is 7.23. The van der Waals surface area contributed by atoms with Gasteiger partial charge in [-0.1, -0.05) is 47.5 Å². The zero-order valence-corrected chi connectivity index (χ0v) is 13.2. The quantitative estimate of drug-likeness (QED) is 0.863. The normalized spacial score (nSPS) is 10.8. The monoisotopic (exact) mass is 308 g/mol. The van der Waals surface area contributed by atoms with E-state index < -0.39 is 0 Å². The first-order valence-electron chi connectivity index (χ1n) is 6.47. The average molecular weight is 309 g/mol. The third-order valence-corrected chi connectivity index (χ3v) is 3.73. The molecule has 4 heteroatoms. The lowest BCUT2D eigenvalue weighted by Crippen LogP contribution is -2.13. The Morgan fingerprint density at radius 3 is 2.25 bits per heavy atom. The van der Waals surface area contributed by atoms with Crippen LogP contribution in [-0.4, -0.2) is 19.0 Å².